The van der Waals surface area contributed by atoms with Crippen molar-refractivity contribution in [2.75, 3.05) is 0 Å². The lowest BCUT2D eigenvalue weighted by molar-refractivity contribution is 0.215. The van der Waals surface area contributed by atoms with Gasteiger partial charge in [0.05, 0.1) is 0 Å². The smallest absolute Gasteiger partial charge is 0.162 e. The molecule has 0 aliphatic rings. The normalized spacial score (nSPS) is 14.5. The Morgan fingerprint density at radius 2 is 1.59 bits per heavy atom. The molecule has 0 saturated heterocycles. The van der Waals surface area contributed by atoms with Gasteiger partial charge in [0.25, 0.3) is 0 Å². The largest absolute Gasteiger partial charge is 0.482 e. The molecule has 3 heteroatoms. The first-order chi connectivity index (χ1) is 13.0. The van der Waals surface area contributed by atoms with Crippen molar-refractivity contribution < 1.29 is 13.9 Å². The SMILES string of the molecule is C=C/C=C(\C=C)C(C)Oc1cc(CF)ccc1OC(C)C(/C=C\C)=C/C=C. The van der Waals surface area contributed by atoms with Gasteiger partial charge in [0, 0.05) is 0 Å². The molecule has 1 aromatic carbocycles. The third-order valence-electron chi connectivity index (χ3n) is 3.92. The Balaban J connectivity index is 3.18. The zero-order valence-corrected chi connectivity index (χ0v) is 16.5. The van der Waals surface area contributed by atoms with E-state index in [1.807, 2.05) is 45.1 Å². The fraction of sp³-hybridized carbons (Fsp3) is 0.250. The van der Waals surface area contributed by atoms with Gasteiger partial charge in [0.2, 0.25) is 0 Å². The van der Waals surface area contributed by atoms with E-state index in [0.717, 1.165) is 11.1 Å². The lowest BCUT2D eigenvalue weighted by atomic mass is 10.1. The van der Waals surface area contributed by atoms with Gasteiger partial charge in [-0.1, -0.05) is 68.3 Å². The van der Waals surface area contributed by atoms with Crippen molar-refractivity contribution in [3.8, 4) is 11.5 Å². The summed E-state index contributed by atoms with van der Waals surface area (Å²) in [6.45, 7) is 16.5. The van der Waals surface area contributed by atoms with E-state index < -0.39 is 6.67 Å². The van der Waals surface area contributed by atoms with Crippen LogP contribution in [-0.4, -0.2) is 12.2 Å². The predicted molar refractivity (Wildman–Crippen MR) is 113 cm³/mol. The average Bonchev–Trinajstić information content (AvgIpc) is 2.66. The summed E-state index contributed by atoms with van der Waals surface area (Å²) in [5, 5.41) is 0. The van der Waals surface area contributed by atoms with Crippen molar-refractivity contribution in [3.05, 3.63) is 97.2 Å². The molecule has 0 bridgehead atoms. The van der Waals surface area contributed by atoms with Gasteiger partial charge in [-0.05, 0) is 49.6 Å². The molecule has 0 radical (unpaired) electrons. The van der Waals surface area contributed by atoms with Gasteiger partial charge in [-0.2, -0.15) is 0 Å². The summed E-state index contributed by atoms with van der Waals surface area (Å²) in [7, 11) is 0. The molecule has 0 heterocycles. The summed E-state index contributed by atoms with van der Waals surface area (Å²) < 4.78 is 25.3. The van der Waals surface area contributed by atoms with Crippen molar-refractivity contribution >= 4 is 0 Å². The highest BCUT2D eigenvalue weighted by Gasteiger charge is 2.16. The first-order valence-electron chi connectivity index (χ1n) is 8.93. The molecule has 0 spiro atoms. The molecule has 0 N–H and O–H groups in total. The summed E-state index contributed by atoms with van der Waals surface area (Å²) in [6.07, 6.45) is 12.2. The van der Waals surface area contributed by atoms with Crippen LogP contribution in [0.1, 0.15) is 26.3 Å². The molecule has 0 aromatic heterocycles. The molecule has 2 unspecified atom stereocenters. The van der Waals surface area contributed by atoms with E-state index in [9.17, 15) is 4.39 Å². The monoisotopic (exact) mass is 368 g/mol. The first-order valence-corrected chi connectivity index (χ1v) is 8.93. The maximum Gasteiger partial charge on any atom is 0.162 e. The van der Waals surface area contributed by atoms with Crippen molar-refractivity contribution in [3.63, 3.8) is 0 Å². The molecule has 0 amide bonds. The first kappa shape index (κ1) is 22.2. The van der Waals surface area contributed by atoms with Crippen LogP contribution >= 0.6 is 0 Å². The Morgan fingerprint density at radius 1 is 1.00 bits per heavy atom. The molecule has 1 rings (SSSR count). The third-order valence-corrected chi connectivity index (χ3v) is 3.92. The second-order valence-electron chi connectivity index (χ2n) is 5.94. The number of hydrogen-bond acceptors (Lipinski definition) is 2. The van der Waals surface area contributed by atoms with Crippen LogP contribution in [0.3, 0.4) is 0 Å². The van der Waals surface area contributed by atoms with Crippen LogP contribution < -0.4 is 9.47 Å². The van der Waals surface area contributed by atoms with Gasteiger partial charge in [-0.25, -0.2) is 4.39 Å². The number of alkyl halides is 1. The summed E-state index contributed by atoms with van der Waals surface area (Å²) in [6, 6.07) is 5.10. The molecular weight excluding hydrogens is 339 g/mol. The molecule has 0 saturated carbocycles. The fourth-order valence-corrected chi connectivity index (χ4v) is 2.50. The van der Waals surface area contributed by atoms with Gasteiger partial charge in [-0.15, -0.1) is 0 Å². The Hall–Kier alpha value is -2.81. The minimum atomic E-state index is -0.572. The van der Waals surface area contributed by atoms with E-state index in [0.29, 0.717) is 17.1 Å². The summed E-state index contributed by atoms with van der Waals surface area (Å²) in [4.78, 5) is 0. The van der Waals surface area contributed by atoms with E-state index in [1.165, 1.54) is 0 Å². The van der Waals surface area contributed by atoms with Crippen LogP contribution in [0.15, 0.2) is 91.6 Å². The maximum atomic E-state index is 13.1. The minimum Gasteiger partial charge on any atom is -0.482 e. The molecule has 27 heavy (non-hydrogen) atoms. The highest BCUT2D eigenvalue weighted by Crippen LogP contribution is 2.32. The molecule has 0 aliphatic heterocycles. The van der Waals surface area contributed by atoms with E-state index in [-0.39, 0.29) is 12.2 Å². The molecule has 2 atom stereocenters. The van der Waals surface area contributed by atoms with Crippen molar-refractivity contribution in [1.29, 1.82) is 0 Å². The molecule has 0 aliphatic carbocycles. The number of rotatable bonds is 11. The maximum absolute atomic E-state index is 13.1. The lowest BCUT2D eigenvalue weighted by Crippen LogP contribution is -2.17. The Bertz CT molecular complexity index is 741. The van der Waals surface area contributed by atoms with E-state index in [2.05, 4.69) is 19.7 Å². The quantitative estimate of drug-likeness (QED) is 0.406. The molecule has 1 aromatic rings. The number of allylic oxidation sites excluding steroid dienone is 5. The highest BCUT2D eigenvalue weighted by atomic mass is 19.1. The van der Waals surface area contributed by atoms with E-state index in [1.54, 1.807) is 36.4 Å². The number of benzene rings is 1. The predicted octanol–water partition coefficient (Wildman–Crippen LogP) is 6.68. The van der Waals surface area contributed by atoms with Crippen molar-refractivity contribution in [2.45, 2.75) is 39.7 Å². The van der Waals surface area contributed by atoms with E-state index >= 15 is 0 Å². The van der Waals surface area contributed by atoms with Gasteiger partial charge in [0.1, 0.15) is 18.9 Å². The van der Waals surface area contributed by atoms with Crippen LogP contribution in [-0.2, 0) is 6.67 Å². The molecule has 2 nitrogen and oxygen atoms in total. The van der Waals surface area contributed by atoms with E-state index in [4.69, 9.17) is 9.47 Å². The highest BCUT2D eigenvalue weighted by molar-refractivity contribution is 5.44. The number of ether oxygens (including phenoxy) is 2. The lowest BCUT2D eigenvalue weighted by Gasteiger charge is -2.22. The second kappa shape index (κ2) is 11.7. The van der Waals surface area contributed by atoms with Crippen LogP contribution in [0.5, 0.6) is 11.5 Å². The molecule has 144 valence electrons. The average molecular weight is 368 g/mol. The van der Waals surface area contributed by atoms with Gasteiger partial charge >= 0.3 is 0 Å². The van der Waals surface area contributed by atoms with Gasteiger partial charge in [0.15, 0.2) is 11.5 Å². The second-order valence-corrected chi connectivity index (χ2v) is 5.94. The number of halogens is 1. The summed E-state index contributed by atoms with van der Waals surface area (Å²) in [5.41, 5.74) is 2.37. The zero-order valence-electron chi connectivity index (χ0n) is 16.5. The Kier molecular flexibility index (Phi) is 9.66. The minimum absolute atomic E-state index is 0.226. The third kappa shape index (κ3) is 6.78. The zero-order chi connectivity index (χ0) is 20.2. The Labute approximate surface area is 162 Å². The van der Waals surface area contributed by atoms with Gasteiger partial charge in [-0.3, -0.25) is 0 Å². The van der Waals surface area contributed by atoms with Gasteiger partial charge < -0.3 is 9.47 Å². The van der Waals surface area contributed by atoms with Crippen LogP contribution in [0.2, 0.25) is 0 Å². The van der Waals surface area contributed by atoms with Crippen LogP contribution in [0.4, 0.5) is 4.39 Å². The Morgan fingerprint density at radius 3 is 2.15 bits per heavy atom. The number of hydrogen-bond donors (Lipinski definition) is 0. The van der Waals surface area contributed by atoms with Crippen molar-refractivity contribution in [1.82, 2.24) is 0 Å². The summed E-state index contributed by atoms with van der Waals surface area (Å²) >= 11 is 0. The van der Waals surface area contributed by atoms with Crippen LogP contribution in [0.25, 0.3) is 0 Å². The van der Waals surface area contributed by atoms with Crippen molar-refractivity contribution in [2.24, 2.45) is 0 Å². The molecular formula is C24H29FO2. The topological polar surface area (TPSA) is 18.5 Å². The van der Waals surface area contributed by atoms with Crippen LogP contribution in [0, 0.1) is 0 Å². The standard InChI is InChI=1S/C24H29FO2/c1-7-11-21(10-4)18(5)27-24-16-20(17-25)14-15-23(24)26-19(6)22(12-8-2)13-9-3/h7-16,18-19H,1-2,4,17H2,3,5-6H3/b13-9-,21-11+,22-12+. The molecule has 0 fully saturated rings. The fourth-order valence-electron chi connectivity index (χ4n) is 2.50. The summed E-state index contributed by atoms with van der Waals surface area (Å²) in [5.74, 6) is 1.03.